The molecule has 0 aliphatic carbocycles. The van der Waals surface area contributed by atoms with Crippen LogP contribution in [0.1, 0.15) is 17.7 Å². The summed E-state index contributed by atoms with van der Waals surface area (Å²) in [5, 5.41) is 10.3. The van der Waals surface area contributed by atoms with Gasteiger partial charge in [0.2, 0.25) is 4.80 Å². The molecule has 2 aromatic rings. The van der Waals surface area contributed by atoms with Crippen molar-refractivity contribution in [2.24, 2.45) is 17.3 Å². The fourth-order valence-electron chi connectivity index (χ4n) is 1.86. The Labute approximate surface area is 139 Å². The molecule has 0 spiro atoms. The van der Waals surface area contributed by atoms with Gasteiger partial charge in [0.1, 0.15) is 6.54 Å². The fourth-order valence-corrected chi connectivity index (χ4v) is 3.18. The topological polar surface area (TPSA) is 90.7 Å². The third-order valence-electron chi connectivity index (χ3n) is 3.19. The normalized spacial score (nSPS) is 13.1. The molecule has 0 fully saturated rings. The number of rotatable bonds is 6. The Morgan fingerprint density at radius 1 is 1.48 bits per heavy atom. The Morgan fingerprint density at radius 3 is 2.91 bits per heavy atom. The highest BCUT2D eigenvalue weighted by Gasteiger charge is 2.03. The molecule has 2 rings (SSSR count). The third kappa shape index (κ3) is 5.70. The number of thiazole rings is 1. The standard InChI is InChI=1S/C14H18N4O3S2/c1-12-11-22-14(17(12)2)16-15-9-13-5-3-6-18(10-13)7-4-8-23(19,20)21/h3,5-6,9-11H,4,7-8H2,1-2H3. The number of aryl methyl sites for hydroxylation is 2. The average Bonchev–Trinajstić information content (AvgIpc) is 2.78. The number of aromatic nitrogens is 2. The van der Waals surface area contributed by atoms with Gasteiger partial charge in [-0.05, 0) is 13.0 Å². The van der Waals surface area contributed by atoms with Crippen LogP contribution in [-0.4, -0.2) is 29.5 Å². The van der Waals surface area contributed by atoms with E-state index in [1.54, 1.807) is 6.21 Å². The van der Waals surface area contributed by atoms with Crippen LogP contribution in [-0.2, 0) is 23.7 Å². The maximum atomic E-state index is 10.6. The first-order chi connectivity index (χ1) is 10.8. The Bertz CT molecular complexity index is 866. The molecule has 0 amide bonds. The van der Waals surface area contributed by atoms with Crippen LogP contribution in [0.5, 0.6) is 0 Å². The van der Waals surface area contributed by atoms with Gasteiger partial charge in [0, 0.05) is 36.4 Å². The van der Waals surface area contributed by atoms with Crippen molar-refractivity contribution in [3.8, 4) is 0 Å². The van der Waals surface area contributed by atoms with Crippen molar-refractivity contribution < 1.29 is 17.5 Å². The minimum atomic E-state index is -4.16. The zero-order valence-electron chi connectivity index (χ0n) is 12.9. The first-order valence-electron chi connectivity index (χ1n) is 6.96. The summed E-state index contributed by atoms with van der Waals surface area (Å²) in [6.07, 6.45) is 5.56. The summed E-state index contributed by atoms with van der Waals surface area (Å²) in [6.45, 7) is 2.46. The smallest absolute Gasteiger partial charge is 0.210 e. The van der Waals surface area contributed by atoms with Gasteiger partial charge in [0.25, 0.3) is 0 Å². The van der Waals surface area contributed by atoms with E-state index in [0.717, 1.165) is 16.1 Å². The van der Waals surface area contributed by atoms with Crippen LogP contribution < -0.4 is 9.37 Å². The van der Waals surface area contributed by atoms with Gasteiger partial charge in [0.05, 0.1) is 21.9 Å². The lowest BCUT2D eigenvalue weighted by molar-refractivity contribution is -0.696. The van der Waals surface area contributed by atoms with Crippen LogP contribution >= 0.6 is 11.3 Å². The summed E-state index contributed by atoms with van der Waals surface area (Å²) in [4.78, 5) is 0.809. The highest BCUT2D eigenvalue weighted by atomic mass is 32.2. The van der Waals surface area contributed by atoms with Gasteiger partial charge < -0.3 is 9.12 Å². The lowest BCUT2D eigenvalue weighted by atomic mass is 10.3. The predicted octanol–water partition coefficient (Wildman–Crippen LogP) is 0.553. The molecule has 0 radical (unpaired) electrons. The number of hydrogen-bond acceptors (Lipinski definition) is 6. The van der Waals surface area contributed by atoms with Crippen LogP contribution in [0.2, 0.25) is 0 Å². The van der Waals surface area contributed by atoms with Crippen LogP contribution in [0, 0.1) is 6.92 Å². The quantitative estimate of drug-likeness (QED) is 0.328. The summed E-state index contributed by atoms with van der Waals surface area (Å²) in [6, 6.07) is 3.71. The third-order valence-corrected chi connectivity index (χ3v) is 5.01. The highest BCUT2D eigenvalue weighted by molar-refractivity contribution is 7.85. The molecule has 2 aromatic heterocycles. The van der Waals surface area contributed by atoms with Crippen molar-refractivity contribution in [3.63, 3.8) is 0 Å². The van der Waals surface area contributed by atoms with E-state index in [0.29, 0.717) is 6.54 Å². The van der Waals surface area contributed by atoms with Crippen molar-refractivity contribution in [2.45, 2.75) is 19.9 Å². The second-order valence-corrected chi connectivity index (χ2v) is 7.41. The molecule has 0 aliphatic rings. The van der Waals surface area contributed by atoms with E-state index in [1.807, 2.05) is 53.0 Å². The first kappa shape index (κ1) is 17.5. The monoisotopic (exact) mass is 354 g/mol. The van der Waals surface area contributed by atoms with Crippen molar-refractivity contribution in [1.82, 2.24) is 4.57 Å². The molecule has 2 heterocycles. The largest absolute Gasteiger partial charge is 0.748 e. The second kappa shape index (κ2) is 7.62. The summed E-state index contributed by atoms with van der Waals surface area (Å²) in [5.41, 5.74) is 1.96. The van der Waals surface area contributed by atoms with E-state index in [4.69, 9.17) is 0 Å². The van der Waals surface area contributed by atoms with E-state index in [-0.39, 0.29) is 12.2 Å². The van der Waals surface area contributed by atoms with Gasteiger partial charge in [-0.1, -0.05) is 0 Å². The molecule has 9 heteroatoms. The maximum absolute atomic E-state index is 10.6. The zero-order valence-corrected chi connectivity index (χ0v) is 14.5. The Hall–Kier alpha value is -1.84. The summed E-state index contributed by atoms with van der Waals surface area (Å²) in [5.74, 6) is -0.359. The minimum Gasteiger partial charge on any atom is -0.748 e. The maximum Gasteiger partial charge on any atom is 0.210 e. The minimum absolute atomic E-state index is 0.284. The van der Waals surface area contributed by atoms with Gasteiger partial charge >= 0.3 is 0 Å². The molecule has 0 saturated carbocycles. The van der Waals surface area contributed by atoms with E-state index in [2.05, 4.69) is 10.2 Å². The molecule has 23 heavy (non-hydrogen) atoms. The number of nitrogens with zero attached hydrogens (tertiary/aromatic N) is 4. The predicted molar refractivity (Wildman–Crippen MR) is 87.0 cm³/mol. The lowest BCUT2D eigenvalue weighted by Gasteiger charge is -2.04. The van der Waals surface area contributed by atoms with E-state index in [9.17, 15) is 13.0 Å². The molecule has 0 saturated heterocycles. The van der Waals surface area contributed by atoms with Crippen molar-refractivity contribution >= 4 is 27.7 Å². The summed E-state index contributed by atoms with van der Waals surface area (Å²) in [7, 11) is -2.23. The molecular weight excluding hydrogens is 336 g/mol. The zero-order chi connectivity index (χ0) is 16.9. The number of hydrogen-bond donors (Lipinski definition) is 0. The Morgan fingerprint density at radius 2 is 2.26 bits per heavy atom. The average molecular weight is 354 g/mol. The van der Waals surface area contributed by atoms with Gasteiger partial charge in [0.15, 0.2) is 12.4 Å². The molecule has 124 valence electrons. The van der Waals surface area contributed by atoms with Crippen molar-refractivity contribution in [1.29, 1.82) is 0 Å². The highest BCUT2D eigenvalue weighted by Crippen LogP contribution is 1.97. The molecule has 0 N–H and O–H groups in total. The number of pyridine rings is 1. The molecule has 0 aromatic carbocycles. The second-order valence-electron chi connectivity index (χ2n) is 5.05. The molecule has 0 unspecified atom stereocenters. The molecule has 0 aliphatic heterocycles. The van der Waals surface area contributed by atoms with E-state index >= 15 is 0 Å². The Kier molecular flexibility index (Phi) is 5.80. The van der Waals surface area contributed by atoms with Crippen LogP contribution in [0.25, 0.3) is 0 Å². The summed E-state index contributed by atoms with van der Waals surface area (Å²) < 4.78 is 35.6. The van der Waals surface area contributed by atoms with Gasteiger partial charge in [-0.2, -0.15) is 5.10 Å². The molecule has 0 atom stereocenters. The van der Waals surface area contributed by atoms with E-state index < -0.39 is 10.1 Å². The van der Waals surface area contributed by atoms with Crippen LogP contribution in [0.4, 0.5) is 0 Å². The SMILES string of the molecule is Cc1csc(=NN=Cc2ccc[n+](CCCS(=O)(=O)[O-])c2)n1C. The van der Waals surface area contributed by atoms with Gasteiger partial charge in [-0.25, -0.2) is 13.0 Å². The lowest BCUT2D eigenvalue weighted by Crippen LogP contribution is -2.34. The molecule has 0 bridgehead atoms. The van der Waals surface area contributed by atoms with Gasteiger partial charge in [-0.3, -0.25) is 0 Å². The van der Waals surface area contributed by atoms with Gasteiger partial charge in [-0.15, -0.1) is 16.4 Å². The van der Waals surface area contributed by atoms with Crippen LogP contribution in [0.3, 0.4) is 0 Å². The van der Waals surface area contributed by atoms with Crippen molar-refractivity contribution in [3.05, 3.63) is 46.0 Å². The molecular formula is C14H18N4O3S2. The first-order valence-corrected chi connectivity index (χ1v) is 9.42. The van der Waals surface area contributed by atoms with E-state index in [1.165, 1.54) is 11.3 Å². The van der Waals surface area contributed by atoms with Crippen LogP contribution in [0.15, 0.2) is 40.1 Å². The summed E-state index contributed by atoms with van der Waals surface area (Å²) >= 11 is 1.52. The Balaban J connectivity index is 2.04. The molecule has 7 nitrogen and oxygen atoms in total. The van der Waals surface area contributed by atoms with Crippen molar-refractivity contribution in [2.75, 3.05) is 5.75 Å². The fraction of sp³-hybridized carbons (Fsp3) is 0.357.